The van der Waals surface area contributed by atoms with Gasteiger partial charge in [0.1, 0.15) is 23.6 Å². The fourth-order valence-corrected chi connectivity index (χ4v) is 5.13. The molecule has 39 heavy (non-hydrogen) atoms. The summed E-state index contributed by atoms with van der Waals surface area (Å²) in [6.45, 7) is 6.26. The Kier molecular flexibility index (Phi) is 9.09. The van der Waals surface area contributed by atoms with Crippen molar-refractivity contribution in [2.75, 3.05) is 39.3 Å². The van der Waals surface area contributed by atoms with Crippen LogP contribution in [0.1, 0.15) is 29.2 Å². The molecular formula is C33H33F3N2O. The van der Waals surface area contributed by atoms with E-state index in [1.54, 1.807) is 24.3 Å². The van der Waals surface area contributed by atoms with Crippen molar-refractivity contribution in [1.29, 1.82) is 0 Å². The molecule has 1 aliphatic heterocycles. The molecule has 3 nitrogen and oxygen atoms in total. The molecule has 0 aliphatic carbocycles. The molecule has 0 amide bonds. The molecular weight excluding hydrogens is 497 g/mol. The number of ether oxygens (including phenoxy) is 1. The van der Waals surface area contributed by atoms with Crippen LogP contribution in [0.25, 0.3) is 11.1 Å². The molecule has 4 aromatic carbocycles. The molecule has 4 aromatic rings. The van der Waals surface area contributed by atoms with E-state index in [0.29, 0.717) is 6.61 Å². The number of piperazine rings is 1. The van der Waals surface area contributed by atoms with Gasteiger partial charge in [0.2, 0.25) is 0 Å². The van der Waals surface area contributed by atoms with Gasteiger partial charge in [-0.2, -0.15) is 0 Å². The Morgan fingerprint density at radius 2 is 1.13 bits per heavy atom. The second-order valence-electron chi connectivity index (χ2n) is 9.99. The molecule has 1 aliphatic rings. The fraction of sp³-hybridized carbons (Fsp3) is 0.273. The van der Waals surface area contributed by atoms with E-state index in [-0.39, 0.29) is 23.6 Å². The highest BCUT2D eigenvalue weighted by molar-refractivity contribution is 5.67. The van der Waals surface area contributed by atoms with Crippen LogP contribution in [0.5, 0.6) is 0 Å². The molecule has 0 N–H and O–H groups in total. The maximum absolute atomic E-state index is 13.5. The molecule has 0 spiro atoms. The monoisotopic (exact) mass is 530 g/mol. The first-order chi connectivity index (χ1) is 19.0. The van der Waals surface area contributed by atoms with Crippen molar-refractivity contribution >= 4 is 0 Å². The molecule has 0 unspecified atom stereocenters. The summed E-state index contributed by atoms with van der Waals surface area (Å²) in [6.07, 6.45) is 0.496. The van der Waals surface area contributed by atoms with Crippen LogP contribution in [0.15, 0.2) is 97.1 Å². The van der Waals surface area contributed by atoms with Crippen LogP contribution in [-0.2, 0) is 11.3 Å². The van der Waals surface area contributed by atoms with Crippen LogP contribution in [0.4, 0.5) is 13.2 Å². The van der Waals surface area contributed by atoms with Gasteiger partial charge < -0.3 is 9.64 Å². The van der Waals surface area contributed by atoms with Crippen LogP contribution in [0, 0.1) is 17.5 Å². The fourth-order valence-electron chi connectivity index (χ4n) is 5.13. The van der Waals surface area contributed by atoms with Crippen LogP contribution in [0.3, 0.4) is 0 Å². The average Bonchev–Trinajstić information content (AvgIpc) is 2.96. The number of hydrogen-bond acceptors (Lipinski definition) is 3. The molecule has 0 saturated carbocycles. The lowest BCUT2D eigenvalue weighted by Crippen LogP contribution is -2.46. The van der Waals surface area contributed by atoms with E-state index in [2.05, 4.69) is 28.0 Å². The van der Waals surface area contributed by atoms with Crippen molar-refractivity contribution in [3.8, 4) is 11.1 Å². The highest BCUT2D eigenvalue weighted by atomic mass is 19.1. The zero-order chi connectivity index (χ0) is 27.0. The summed E-state index contributed by atoms with van der Waals surface area (Å²) >= 11 is 0. The summed E-state index contributed by atoms with van der Waals surface area (Å²) in [5.74, 6) is -0.816. The largest absolute Gasteiger partial charge is 0.369 e. The summed E-state index contributed by atoms with van der Waals surface area (Å²) in [5, 5.41) is 0. The quantitative estimate of drug-likeness (QED) is 0.204. The number of benzene rings is 4. The number of halogens is 3. The standard InChI is InChI=1S/C33H33F3N2O/c34-29-12-6-25(7-13-29)32-5-2-1-4-28(32)24-38-21-19-37(20-22-38)18-3-23-39-33(26-8-14-30(35)15-9-26)27-10-16-31(36)17-11-27/h1-2,4-17,33H,3,18-24H2. The molecule has 1 fully saturated rings. The summed E-state index contributed by atoms with van der Waals surface area (Å²) in [6, 6.07) is 27.6. The van der Waals surface area contributed by atoms with Crippen LogP contribution < -0.4 is 0 Å². The average molecular weight is 531 g/mol. The minimum atomic E-state index is -0.371. The maximum atomic E-state index is 13.5. The molecule has 1 heterocycles. The Morgan fingerprint density at radius 1 is 0.615 bits per heavy atom. The van der Waals surface area contributed by atoms with Crippen LogP contribution in [-0.4, -0.2) is 49.1 Å². The lowest BCUT2D eigenvalue weighted by Gasteiger charge is -2.35. The maximum Gasteiger partial charge on any atom is 0.123 e. The van der Waals surface area contributed by atoms with Gasteiger partial charge in [0.15, 0.2) is 0 Å². The van der Waals surface area contributed by atoms with Crippen LogP contribution >= 0.6 is 0 Å². The number of hydrogen-bond donors (Lipinski definition) is 0. The third kappa shape index (κ3) is 7.35. The van der Waals surface area contributed by atoms with E-state index in [4.69, 9.17) is 4.74 Å². The molecule has 0 atom stereocenters. The first kappa shape index (κ1) is 27.1. The highest BCUT2D eigenvalue weighted by Gasteiger charge is 2.19. The van der Waals surface area contributed by atoms with Gasteiger partial charge in [-0.05, 0) is 70.6 Å². The Morgan fingerprint density at radius 3 is 1.72 bits per heavy atom. The minimum Gasteiger partial charge on any atom is -0.369 e. The SMILES string of the molecule is Fc1ccc(-c2ccccc2CN2CCN(CCCOC(c3ccc(F)cc3)c3ccc(F)cc3)CC2)cc1. The Bertz CT molecular complexity index is 1270. The molecule has 202 valence electrons. The predicted octanol–water partition coefficient (Wildman–Crippen LogP) is 7.08. The second kappa shape index (κ2) is 13.1. The third-order valence-corrected chi connectivity index (χ3v) is 7.28. The minimum absolute atomic E-state index is 0.223. The molecule has 6 heteroatoms. The van der Waals surface area contributed by atoms with E-state index >= 15 is 0 Å². The molecule has 0 bridgehead atoms. The summed E-state index contributed by atoms with van der Waals surface area (Å²) < 4.78 is 46.6. The van der Waals surface area contributed by atoms with Crippen molar-refractivity contribution in [3.63, 3.8) is 0 Å². The van der Waals surface area contributed by atoms with Gasteiger partial charge in [0.05, 0.1) is 0 Å². The van der Waals surface area contributed by atoms with Gasteiger partial charge in [0, 0.05) is 45.9 Å². The van der Waals surface area contributed by atoms with Crippen LogP contribution in [0.2, 0.25) is 0 Å². The lowest BCUT2D eigenvalue weighted by molar-refractivity contribution is 0.0638. The Hall–Kier alpha value is -3.45. The third-order valence-electron chi connectivity index (χ3n) is 7.28. The topological polar surface area (TPSA) is 15.7 Å². The molecule has 0 aromatic heterocycles. The summed E-state index contributed by atoms with van der Waals surface area (Å²) in [5.41, 5.74) is 5.12. The van der Waals surface area contributed by atoms with Gasteiger partial charge in [-0.1, -0.05) is 60.7 Å². The van der Waals surface area contributed by atoms with Gasteiger partial charge in [0.25, 0.3) is 0 Å². The first-order valence-electron chi connectivity index (χ1n) is 13.5. The van der Waals surface area contributed by atoms with E-state index < -0.39 is 0 Å². The van der Waals surface area contributed by atoms with E-state index in [0.717, 1.165) is 67.9 Å². The molecule has 1 saturated heterocycles. The number of rotatable bonds is 10. The van der Waals surface area contributed by atoms with Gasteiger partial charge in [-0.15, -0.1) is 0 Å². The summed E-state index contributed by atoms with van der Waals surface area (Å²) in [7, 11) is 0. The van der Waals surface area contributed by atoms with E-state index in [1.807, 2.05) is 18.2 Å². The van der Waals surface area contributed by atoms with Gasteiger partial charge >= 0.3 is 0 Å². The van der Waals surface area contributed by atoms with Gasteiger partial charge in [-0.25, -0.2) is 13.2 Å². The zero-order valence-electron chi connectivity index (χ0n) is 21.9. The number of nitrogens with zero attached hydrogens (tertiary/aromatic N) is 2. The first-order valence-corrected chi connectivity index (χ1v) is 13.5. The van der Waals surface area contributed by atoms with Crippen molar-refractivity contribution in [1.82, 2.24) is 9.80 Å². The second-order valence-corrected chi connectivity index (χ2v) is 9.99. The zero-order valence-corrected chi connectivity index (χ0v) is 21.9. The van der Waals surface area contributed by atoms with Crippen molar-refractivity contribution < 1.29 is 17.9 Å². The predicted molar refractivity (Wildman–Crippen MR) is 149 cm³/mol. The van der Waals surface area contributed by atoms with E-state index in [1.165, 1.54) is 42.0 Å². The normalized spacial score (nSPS) is 14.7. The Balaban J connectivity index is 1.11. The van der Waals surface area contributed by atoms with Crippen molar-refractivity contribution in [2.45, 2.75) is 19.1 Å². The Labute approximate surface area is 228 Å². The molecule has 5 rings (SSSR count). The lowest BCUT2D eigenvalue weighted by atomic mass is 9.99. The molecule has 0 radical (unpaired) electrons. The smallest absolute Gasteiger partial charge is 0.123 e. The summed E-state index contributed by atoms with van der Waals surface area (Å²) in [4.78, 5) is 4.92. The van der Waals surface area contributed by atoms with Crippen molar-refractivity contribution in [3.05, 3.63) is 131 Å². The van der Waals surface area contributed by atoms with Crippen molar-refractivity contribution in [2.24, 2.45) is 0 Å². The van der Waals surface area contributed by atoms with E-state index in [9.17, 15) is 13.2 Å². The highest BCUT2D eigenvalue weighted by Crippen LogP contribution is 2.27. The van der Waals surface area contributed by atoms with Gasteiger partial charge in [-0.3, -0.25) is 4.90 Å².